The van der Waals surface area contributed by atoms with E-state index in [1.54, 1.807) is 43.5 Å². The van der Waals surface area contributed by atoms with E-state index in [4.69, 9.17) is 21.6 Å². The number of nitriles is 1. The van der Waals surface area contributed by atoms with Crippen LogP contribution in [0, 0.1) is 11.3 Å². The molecule has 5 heteroatoms. The summed E-state index contributed by atoms with van der Waals surface area (Å²) in [6, 6.07) is 16.0. The molecule has 0 aliphatic rings. The molecule has 0 spiro atoms. The third-order valence-electron chi connectivity index (χ3n) is 3.14. The van der Waals surface area contributed by atoms with Crippen LogP contribution in [0.4, 0.5) is 5.69 Å². The van der Waals surface area contributed by atoms with Crippen LogP contribution in [-0.4, -0.2) is 13.0 Å². The van der Waals surface area contributed by atoms with Gasteiger partial charge < -0.3 is 10.1 Å². The number of ether oxygens (including phenoxy) is 1. The Balaban J connectivity index is 2.11. The van der Waals surface area contributed by atoms with Crippen LogP contribution < -0.4 is 10.1 Å². The van der Waals surface area contributed by atoms with Crippen molar-refractivity contribution in [3.05, 3.63) is 76.8 Å². The monoisotopic (exact) mass is 338 g/mol. The Morgan fingerprint density at radius 3 is 2.58 bits per heavy atom. The Bertz CT molecular complexity index is 818. The van der Waals surface area contributed by atoms with Crippen LogP contribution in [-0.2, 0) is 4.79 Å². The van der Waals surface area contributed by atoms with Gasteiger partial charge in [0, 0.05) is 16.3 Å². The first-order chi connectivity index (χ1) is 11.6. The maximum atomic E-state index is 12.1. The minimum absolute atomic E-state index is 0.00361. The second kappa shape index (κ2) is 8.56. The first-order valence-electron chi connectivity index (χ1n) is 7.12. The molecule has 0 saturated heterocycles. The maximum Gasteiger partial charge on any atom is 0.266 e. The number of rotatable bonds is 5. The molecule has 0 aliphatic heterocycles. The van der Waals surface area contributed by atoms with E-state index in [0.717, 1.165) is 5.56 Å². The summed E-state index contributed by atoms with van der Waals surface area (Å²) in [6.07, 6.45) is 4.86. The number of nitrogens with zero attached hydrogens (tertiary/aromatic N) is 1. The Morgan fingerprint density at radius 2 is 1.92 bits per heavy atom. The Morgan fingerprint density at radius 1 is 1.21 bits per heavy atom. The standard InChI is InChI=1S/C19H15ClN2O2/c1-24-18-8-3-2-5-14(18)6-4-7-15(13-21)19(23)22-17-11-9-16(20)10-12-17/h2-12H,1H3,(H,22,23)/b6-4+,15-7+. The summed E-state index contributed by atoms with van der Waals surface area (Å²) >= 11 is 5.79. The Hall–Kier alpha value is -3.03. The van der Waals surface area contributed by atoms with Crippen molar-refractivity contribution in [3.8, 4) is 11.8 Å². The fourth-order valence-corrected chi connectivity index (χ4v) is 2.07. The SMILES string of the molecule is COc1ccccc1/C=C/C=C(\C#N)C(=O)Nc1ccc(Cl)cc1. The van der Waals surface area contributed by atoms with Crippen molar-refractivity contribution < 1.29 is 9.53 Å². The molecule has 0 saturated carbocycles. The van der Waals surface area contributed by atoms with Crippen molar-refractivity contribution in [2.75, 3.05) is 12.4 Å². The number of anilines is 1. The molecule has 0 aliphatic carbocycles. The van der Waals surface area contributed by atoms with E-state index in [0.29, 0.717) is 16.5 Å². The Labute approximate surface area is 145 Å². The van der Waals surface area contributed by atoms with Crippen LogP contribution in [0.2, 0.25) is 5.02 Å². The highest BCUT2D eigenvalue weighted by Crippen LogP contribution is 2.19. The molecule has 1 amide bonds. The fraction of sp³-hybridized carbons (Fsp3) is 0.0526. The number of amides is 1. The zero-order valence-corrected chi connectivity index (χ0v) is 13.7. The number of hydrogen-bond donors (Lipinski definition) is 1. The quantitative estimate of drug-likeness (QED) is 0.497. The number of para-hydroxylation sites is 1. The maximum absolute atomic E-state index is 12.1. The highest BCUT2D eigenvalue weighted by atomic mass is 35.5. The lowest BCUT2D eigenvalue weighted by atomic mass is 10.1. The second-order valence-electron chi connectivity index (χ2n) is 4.75. The molecule has 2 rings (SSSR count). The van der Waals surface area contributed by atoms with Gasteiger partial charge in [0.05, 0.1) is 7.11 Å². The van der Waals surface area contributed by atoms with E-state index in [1.807, 2.05) is 30.3 Å². The minimum Gasteiger partial charge on any atom is -0.496 e. The molecule has 4 nitrogen and oxygen atoms in total. The van der Waals surface area contributed by atoms with Gasteiger partial charge in [-0.3, -0.25) is 4.79 Å². The van der Waals surface area contributed by atoms with Crippen LogP contribution in [0.15, 0.2) is 66.3 Å². The summed E-state index contributed by atoms with van der Waals surface area (Å²) in [6.45, 7) is 0. The molecule has 0 aromatic heterocycles. The predicted octanol–water partition coefficient (Wildman–Crippen LogP) is 4.45. The summed E-state index contributed by atoms with van der Waals surface area (Å²) < 4.78 is 5.24. The van der Waals surface area contributed by atoms with Crippen molar-refractivity contribution in [1.29, 1.82) is 5.26 Å². The van der Waals surface area contributed by atoms with Crippen molar-refractivity contribution in [1.82, 2.24) is 0 Å². The van der Waals surface area contributed by atoms with E-state index < -0.39 is 5.91 Å². The molecule has 1 N–H and O–H groups in total. The van der Waals surface area contributed by atoms with Crippen LogP contribution in [0.5, 0.6) is 5.75 Å². The normalized spacial score (nSPS) is 11.1. The van der Waals surface area contributed by atoms with E-state index in [-0.39, 0.29) is 5.57 Å². The van der Waals surface area contributed by atoms with Gasteiger partial charge in [-0.2, -0.15) is 5.26 Å². The number of halogens is 1. The first-order valence-corrected chi connectivity index (χ1v) is 7.50. The average molecular weight is 339 g/mol. The molecular formula is C19H15ClN2O2. The summed E-state index contributed by atoms with van der Waals surface area (Å²) in [5.41, 5.74) is 1.42. The number of benzene rings is 2. The molecule has 0 bridgehead atoms. The largest absolute Gasteiger partial charge is 0.496 e. The lowest BCUT2D eigenvalue weighted by molar-refractivity contribution is -0.112. The van der Waals surface area contributed by atoms with Gasteiger partial charge in [0.25, 0.3) is 5.91 Å². The van der Waals surface area contributed by atoms with Gasteiger partial charge >= 0.3 is 0 Å². The summed E-state index contributed by atoms with van der Waals surface area (Å²) in [4.78, 5) is 12.1. The lowest BCUT2D eigenvalue weighted by Gasteiger charge is -2.04. The molecule has 0 heterocycles. The zero-order chi connectivity index (χ0) is 17.4. The van der Waals surface area contributed by atoms with Crippen LogP contribution in [0.1, 0.15) is 5.56 Å². The van der Waals surface area contributed by atoms with E-state index >= 15 is 0 Å². The molecule has 0 radical (unpaired) electrons. The smallest absolute Gasteiger partial charge is 0.266 e. The van der Waals surface area contributed by atoms with Gasteiger partial charge in [-0.05, 0) is 36.4 Å². The highest BCUT2D eigenvalue weighted by Gasteiger charge is 2.08. The molecule has 0 fully saturated rings. The van der Waals surface area contributed by atoms with E-state index in [9.17, 15) is 4.79 Å². The molecule has 0 atom stereocenters. The number of nitrogens with one attached hydrogen (secondary N) is 1. The highest BCUT2D eigenvalue weighted by molar-refractivity contribution is 6.30. The number of methoxy groups -OCH3 is 1. The van der Waals surface area contributed by atoms with Gasteiger partial charge in [-0.1, -0.05) is 42.0 Å². The zero-order valence-electron chi connectivity index (χ0n) is 13.0. The summed E-state index contributed by atoms with van der Waals surface area (Å²) in [5, 5.41) is 12.4. The van der Waals surface area contributed by atoms with Crippen LogP contribution in [0.3, 0.4) is 0 Å². The molecule has 120 valence electrons. The topological polar surface area (TPSA) is 62.1 Å². The second-order valence-corrected chi connectivity index (χ2v) is 5.19. The van der Waals surface area contributed by atoms with Crippen molar-refractivity contribution in [2.24, 2.45) is 0 Å². The third-order valence-corrected chi connectivity index (χ3v) is 3.40. The molecule has 2 aromatic rings. The van der Waals surface area contributed by atoms with Gasteiger partial charge in [-0.25, -0.2) is 0 Å². The summed E-state index contributed by atoms with van der Waals surface area (Å²) in [5.74, 6) is 0.232. The van der Waals surface area contributed by atoms with Gasteiger partial charge in [0.1, 0.15) is 17.4 Å². The molecule has 24 heavy (non-hydrogen) atoms. The number of hydrogen-bond acceptors (Lipinski definition) is 3. The number of carbonyl (C=O) groups is 1. The van der Waals surface area contributed by atoms with Crippen molar-refractivity contribution in [2.45, 2.75) is 0 Å². The van der Waals surface area contributed by atoms with Crippen molar-refractivity contribution >= 4 is 29.3 Å². The van der Waals surface area contributed by atoms with Crippen LogP contribution >= 0.6 is 11.6 Å². The predicted molar refractivity (Wildman–Crippen MR) is 95.8 cm³/mol. The molecular weight excluding hydrogens is 324 g/mol. The number of allylic oxidation sites excluding steroid dienone is 2. The lowest BCUT2D eigenvalue weighted by Crippen LogP contribution is -2.13. The molecule has 2 aromatic carbocycles. The van der Waals surface area contributed by atoms with Gasteiger partial charge in [0.15, 0.2) is 0 Å². The first kappa shape index (κ1) is 17.3. The van der Waals surface area contributed by atoms with Crippen molar-refractivity contribution in [3.63, 3.8) is 0 Å². The fourth-order valence-electron chi connectivity index (χ4n) is 1.95. The minimum atomic E-state index is -0.482. The van der Waals surface area contributed by atoms with E-state index in [2.05, 4.69) is 5.32 Å². The van der Waals surface area contributed by atoms with Crippen LogP contribution in [0.25, 0.3) is 6.08 Å². The van der Waals surface area contributed by atoms with Gasteiger partial charge in [-0.15, -0.1) is 0 Å². The third kappa shape index (κ3) is 4.73. The van der Waals surface area contributed by atoms with E-state index in [1.165, 1.54) is 6.08 Å². The molecule has 0 unspecified atom stereocenters. The summed E-state index contributed by atoms with van der Waals surface area (Å²) in [7, 11) is 1.59. The Kier molecular flexibility index (Phi) is 6.18. The number of carbonyl (C=O) groups excluding carboxylic acids is 1. The van der Waals surface area contributed by atoms with Gasteiger partial charge in [0.2, 0.25) is 0 Å². The average Bonchev–Trinajstić information content (AvgIpc) is 2.61.